The van der Waals surface area contributed by atoms with Crippen molar-refractivity contribution in [1.29, 1.82) is 0 Å². The Balaban J connectivity index is 1.27. The number of anilines is 1. The van der Waals surface area contributed by atoms with Gasteiger partial charge in [-0.2, -0.15) is 0 Å². The molecule has 0 aliphatic carbocycles. The van der Waals surface area contributed by atoms with Gasteiger partial charge in [-0.3, -0.25) is 4.79 Å². The fourth-order valence-electron chi connectivity index (χ4n) is 3.63. The summed E-state index contributed by atoms with van der Waals surface area (Å²) in [4.78, 5) is 21.3. The number of hydrogen-bond donors (Lipinski definition) is 0. The summed E-state index contributed by atoms with van der Waals surface area (Å²) in [6, 6.07) is 10.6. The van der Waals surface area contributed by atoms with Gasteiger partial charge in [-0.1, -0.05) is 11.3 Å². The molecule has 0 spiro atoms. The van der Waals surface area contributed by atoms with Crippen LogP contribution in [0.25, 0.3) is 10.2 Å². The molecular weight excluding hydrogens is 453 g/mol. The summed E-state index contributed by atoms with van der Waals surface area (Å²) in [6.07, 6.45) is 0.403. The molecule has 3 aromatic rings. The molecule has 0 N–H and O–H groups in total. The van der Waals surface area contributed by atoms with Crippen LogP contribution in [0.5, 0.6) is 5.75 Å². The summed E-state index contributed by atoms with van der Waals surface area (Å²) in [5.74, 6) is 0.126. The number of methoxy groups -OCH3 is 1. The molecule has 0 bridgehead atoms. The molecule has 0 atom stereocenters. The molecule has 170 valence electrons. The number of carbonyl (C=O) groups is 1. The predicted molar refractivity (Wildman–Crippen MR) is 123 cm³/mol. The van der Waals surface area contributed by atoms with E-state index in [-0.39, 0.29) is 29.4 Å². The van der Waals surface area contributed by atoms with Gasteiger partial charge in [-0.05, 0) is 48.9 Å². The number of halogens is 1. The monoisotopic (exact) mass is 477 g/mol. The number of ether oxygens (including phenoxy) is 1. The molecule has 1 aliphatic heterocycles. The van der Waals surface area contributed by atoms with Gasteiger partial charge >= 0.3 is 0 Å². The molecule has 2 heterocycles. The highest BCUT2D eigenvalue weighted by Gasteiger charge is 2.24. The van der Waals surface area contributed by atoms with Crippen molar-refractivity contribution in [2.24, 2.45) is 0 Å². The van der Waals surface area contributed by atoms with Crippen molar-refractivity contribution < 1.29 is 22.3 Å². The number of amides is 1. The highest BCUT2D eigenvalue weighted by atomic mass is 32.2. The van der Waals surface area contributed by atoms with Gasteiger partial charge in [0.15, 0.2) is 15.0 Å². The van der Waals surface area contributed by atoms with Crippen LogP contribution in [-0.4, -0.2) is 63.3 Å². The molecule has 10 heteroatoms. The standard InChI is InChI=1S/C22H24FN3O4S2/c1-30-17-6-9-19-20(15-17)31-22(24-19)26-12-10-25(11-13-26)21(27)3-2-14-32(28,29)18-7-4-16(23)5-8-18/h4-9,15H,2-3,10-14H2,1H3. The van der Waals surface area contributed by atoms with Gasteiger partial charge in [-0.15, -0.1) is 0 Å². The van der Waals surface area contributed by atoms with Crippen LogP contribution in [-0.2, 0) is 14.6 Å². The van der Waals surface area contributed by atoms with E-state index >= 15 is 0 Å². The van der Waals surface area contributed by atoms with Gasteiger partial charge in [0.05, 0.1) is 28.0 Å². The van der Waals surface area contributed by atoms with E-state index in [4.69, 9.17) is 4.74 Å². The molecule has 1 amide bonds. The lowest BCUT2D eigenvalue weighted by Crippen LogP contribution is -2.48. The lowest BCUT2D eigenvalue weighted by atomic mass is 10.2. The van der Waals surface area contributed by atoms with E-state index < -0.39 is 15.7 Å². The number of aromatic nitrogens is 1. The van der Waals surface area contributed by atoms with Gasteiger partial charge in [0, 0.05) is 32.6 Å². The van der Waals surface area contributed by atoms with E-state index in [9.17, 15) is 17.6 Å². The van der Waals surface area contributed by atoms with Crippen molar-refractivity contribution in [1.82, 2.24) is 9.88 Å². The summed E-state index contributed by atoms with van der Waals surface area (Å²) in [7, 11) is -1.89. The van der Waals surface area contributed by atoms with Crippen molar-refractivity contribution >= 4 is 42.4 Å². The zero-order chi connectivity index (χ0) is 22.7. The molecule has 1 saturated heterocycles. The van der Waals surface area contributed by atoms with E-state index in [2.05, 4.69) is 9.88 Å². The summed E-state index contributed by atoms with van der Waals surface area (Å²) >= 11 is 1.60. The SMILES string of the molecule is COc1ccc2nc(N3CCN(C(=O)CCCS(=O)(=O)c4ccc(F)cc4)CC3)sc2c1. The first-order chi connectivity index (χ1) is 15.4. The molecule has 1 aliphatic rings. The van der Waals surface area contributed by atoms with Gasteiger partial charge in [0.2, 0.25) is 5.91 Å². The fourth-order valence-corrected chi connectivity index (χ4v) is 5.99. The third-order valence-corrected chi connectivity index (χ3v) is 8.36. The largest absolute Gasteiger partial charge is 0.497 e. The molecule has 7 nitrogen and oxygen atoms in total. The molecule has 2 aromatic carbocycles. The molecular formula is C22H24FN3O4S2. The van der Waals surface area contributed by atoms with Crippen molar-refractivity contribution in [3.63, 3.8) is 0 Å². The number of thiazole rings is 1. The van der Waals surface area contributed by atoms with Crippen LogP contribution in [0.1, 0.15) is 12.8 Å². The lowest BCUT2D eigenvalue weighted by Gasteiger charge is -2.34. The zero-order valence-corrected chi connectivity index (χ0v) is 19.3. The molecule has 32 heavy (non-hydrogen) atoms. The van der Waals surface area contributed by atoms with Crippen LogP contribution in [0.3, 0.4) is 0 Å². The number of benzene rings is 2. The van der Waals surface area contributed by atoms with Crippen molar-refractivity contribution in [2.45, 2.75) is 17.7 Å². The van der Waals surface area contributed by atoms with Crippen LogP contribution < -0.4 is 9.64 Å². The van der Waals surface area contributed by atoms with Gasteiger partial charge < -0.3 is 14.5 Å². The van der Waals surface area contributed by atoms with Gasteiger partial charge in [-0.25, -0.2) is 17.8 Å². The van der Waals surface area contributed by atoms with Crippen LogP contribution in [0.15, 0.2) is 47.4 Å². The third-order valence-electron chi connectivity index (χ3n) is 5.46. The van der Waals surface area contributed by atoms with Crippen LogP contribution >= 0.6 is 11.3 Å². The number of nitrogens with zero attached hydrogens (tertiary/aromatic N) is 3. The van der Waals surface area contributed by atoms with Crippen molar-refractivity contribution in [3.8, 4) is 5.75 Å². The normalized spacial score (nSPS) is 14.7. The van der Waals surface area contributed by atoms with E-state index in [0.29, 0.717) is 26.2 Å². The van der Waals surface area contributed by atoms with Crippen LogP contribution in [0.2, 0.25) is 0 Å². The minimum atomic E-state index is -3.53. The van der Waals surface area contributed by atoms with E-state index in [0.717, 1.165) is 33.2 Å². The smallest absolute Gasteiger partial charge is 0.222 e. The Kier molecular flexibility index (Phi) is 6.61. The highest BCUT2D eigenvalue weighted by Crippen LogP contribution is 2.31. The summed E-state index contributed by atoms with van der Waals surface area (Å²) in [5.41, 5.74) is 0.923. The molecule has 0 radical (unpaired) electrons. The Bertz CT molecular complexity index is 1200. The molecule has 4 rings (SSSR count). The van der Waals surface area contributed by atoms with E-state index in [1.807, 2.05) is 18.2 Å². The van der Waals surface area contributed by atoms with Gasteiger partial charge in [0.1, 0.15) is 11.6 Å². The minimum absolute atomic E-state index is 0.0482. The Morgan fingerprint density at radius 1 is 1.12 bits per heavy atom. The maximum atomic E-state index is 13.0. The van der Waals surface area contributed by atoms with E-state index in [1.165, 1.54) is 12.1 Å². The first-order valence-electron chi connectivity index (χ1n) is 10.3. The maximum absolute atomic E-state index is 13.0. The number of piperazine rings is 1. The molecule has 0 saturated carbocycles. The first-order valence-corrected chi connectivity index (χ1v) is 12.8. The second kappa shape index (κ2) is 9.41. The predicted octanol–water partition coefficient (Wildman–Crippen LogP) is 3.35. The van der Waals surface area contributed by atoms with Crippen molar-refractivity contribution in [3.05, 3.63) is 48.3 Å². The summed E-state index contributed by atoms with van der Waals surface area (Å²) < 4.78 is 44.0. The Labute approximate surface area is 190 Å². The minimum Gasteiger partial charge on any atom is -0.497 e. The Hall–Kier alpha value is -2.72. The number of hydrogen-bond acceptors (Lipinski definition) is 7. The average molecular weight is 478 g/mol. The Morgan fingerprint density at radius 2 is 1.84 bits per heavy atom. The van der Waals surface area contributed by atoms with Crippen LogP contribution in [0, 0.1) is 5.82 Å². The highest BCUT2D eigenvalue weighted by molar-refractivity contribution is 7.91. The number of fused-ring (bicyclic) bond motifs is 1. The van der Waals surface area contributed by atoms with Crippen LogP contribution in [0.4, 0.5) is 9.52 Å². The maximum Gasteiger partial charge on any atom is 0.222 e. The number of rotatable bonds is 7. The van der Waals surface area contributed by atoms with Gasteiger partial charge in [0.25, 0.3) is 0 Å². The second-order valence-electron chi connectivity index (χ2n) is 7.57. The average Bonchev–Trinajstić information content (AvgIpc) is 3.22. The lowest BCUT2D eigenvalue weighted by molar-refractivity contribution is -0.131. The first kappa shape index (κ1) is 22.5. The third kappa shape index (κ3) is 5.02. The molecule has 0 unspecified atom stereocenters. The second-order valence-corrected chi connectivity index (χ2v) is 10.7. The summed E-state index contributed by atoms with van der Waals surface area (Å²) in [6.45, 7) is 2.50. The van der Waals surface area contributed by atoms with E-state index in [1.54, 1.807) is 23.3 Å². The zero-order valence-electron chi connectivity index (χ0n) is 17.7. The number of sulfone groups is 1. The number of carbonyl (C=O) groups excluding carboxylic acids is 1. The Morgan fingerprint density at radius 3 is 2.53 bits per heavy atom. The fraction of sp³-hybridized carbons (Fsp3) is 0.364. The topological polar surface area (TPSA) is 79.8 Å². The summed E-state index contributed by atoms with van der Waals surface area (Å²) in [5, 5.41) is 0.922. The molecule has 1 aromatic heterocycles. The van der Waals surface area contributed by atoms with Crippen molar-refractivity contribution in [2.75, 3.05) is 43.9 Å². The quantitative estimate of drug-likeness (QED) is 0.486. The molecule has 1 fully saturated rings.